The van der Waals surface area contributed by atoms with Crippen molar-refractivity contribution in [2.45, 2.75) is 51.5 Å². The number of fused-ring (bicyclic) bond motifs is 1. The molecule has 1 aliphatic heterocycles. The first kappa shape index (κ1) is 24.2. The monoisotopic (exact) mass is 481 g/mol. The van der Waals surface area contributed by atoms with Gasteiger partial charge in [-0.3, -0.25) is 9.59 Å². The molecule has 0 unspecified atom stereocenters. The van der Waals surface area contributed by atoms with Crippen molar-refractivity contribution in [3.8, 4) is 0 Å². The number of likely N-dealkylation sites (tertiary alicyclic amines) is 1. The summed E-state index contributed by atoms with van der Waals surface area (Å²) in [6.45, 7) is 7.29. The third-order valence-corrected chi connectivity index (χ3v) is 8.41. The minimum Gasteiger partial charge on any atom is -0.343 e. The van der Waals surface area contributed by atoms with Crippen LogP contribution in [0.25, 0.3) is 10.9 Å². The molecule has 0 atom stereocenters. The number of nitrogens with one attached hydrogen (secondary N) is 1. The van der Waals surface area contributed by atoms with E-state index in [9.17, 15) is 18.0 Å². The number of rotatable bonds is 8. The summed E-state index contributed by atoms with van der Waals surface area (Å²) in [5, 5.41) is 0.869. The van der Waals surface area contributed by atoms with Crippen molar-refractivity contribution in [2.75, 3.05) is 19.6 Å². The number of carbonyl (C=O) groups is 1. The molecule has 1 N–H and O–H groups in total. The third-order valence-electron chi connectivity index (χ3n) is 6.55. The number of aromatic nitrogens is 1. The zero-order valence-corrected chi connectivity index (χ0v) is 20.7. The molecule has 0 radical (unpaired) electrons. The van der Waals surface area contributed by atoms with Crippen LogP contribution in [0, 0.1) is 20.8 Å². The highest BCUT2D eigenvalue weighted by atomic mass is 32.2. The first-order valence-corrected chi connectivity index (χ1v) is 13.1. The topological polar surface area (TPSA) is 90.6 Å². The molecule has 0 aliphatic carbocycles. The Hall–Kier alpha value is -2.97. The highest BCUT2D eigenvalue weighted by molar-refractivity contribution is 7.89. The van der Waals surface area contributed by atoms with Gasteiger partial charge in [0, 0.05) is 43.7 Å². The van der Waals surface area contributed by atoms with Crippen LogP contribution in [0.1, 0.15) is 41.5 Å². The van der Waals surface area contributed by atoms with Crippen molar-refractivity contribution >= 4 is 26.8 Å². The zero-order chi connectivity index (χ0) is 24.5. The van der Waals surface area contributed by atoms with Gasteiger partial charge < -0.3 is 9.88 Å². The number of carbonyl (C=O) groups excluding carboxylic acids is 1. The van der Waals surface area contributed by atoms with Gasteiger partial charge in [-0.2, -0.15) is 4.31 Å². The summed E-state index contributed by atoms with van der Waals surface area (Å²) in [7, 11) is -3.83. The number of hydrogen-bond donors (Lipinski definition) is 1. The zero-order valence-electron chi connectivity index (χ0n) is 19.9. The molecular weight excluding hydrogens is 450 g/mol. The minimum absolute atomic E-state index is 0.0393. The Balaban J connectivity index is 1.65. The second-order valence-corrected chi connectivity index (χ2v) is 11.1. The van der Waals surface area contributed by atoms with Crippen molar-refractivity contribution in [1.29, 1.82) is 0 Å². The van der Waals surface area contributed by atoms with E-state index in [1.807, 2.05) is 32.9 Å². The van der Waals surface area contributed by atoms with Crippen molar-refractivity contribution in [1.82, 2.24) is 14.2 Å². The maximum atomic E-state index is 13.5. The summed E-state index contributed by atoms with van der Waals surface area (Å²) in [5.41, 5.74) is 3.98. The van der Waals surface area contributed by atoms with E-state index in [0.717, 1.165) is 34.0 Å². The first-order valence-electron chi connectivity index (χ1n) is 11.6. The van der Waals surface area contributed by atoms with Gasteiger partial charge in [-0.1, -0.05) is 17.7 Å². The maximum Gasteiger partial charge on any atom is 0.252 e. The number of hydrogen-bond acceptors (Lipinski definition) is 4. The van der Waals surface area contributed by atoms with Crippen LogP contribution in [0.4, 0.5) is 0 Å². The summed E-state index contributed by atoms with van der Waals surface area (Å²) in [4.78, 5) is 29.7. The quantitative estimate of drug-likeness (QED) is 0.532. The second-order valence-electron chi connectivity index (χ2n) is 9.14. The number of amides is 1. The molecule has 1 saturated heterocycles. The van der Waals surface area contributed by atoms with Crippen molar-refractivity contribution in [3.63, 3.8) is 0 Å². The molecule has 0 bridgehead atoms. The Morgan fingerprint density at radius 2 is 1.71 bits per heavy atom. The molecule has 180 valence electrons. The lowest BCUT2D eigenvalue weighted by molar-refractivity contribution is -0.127. The van der Waals surface area contributed by atoms with Crippen LogP contribution in [0.15, 0.2) is 52.2 Å². The van der Waals surface area contributed by atoms with Gasteiger partial charge in [0.05, 0.1) is 4.90 Å². The molecule has 1 amide bonds. The highest BCUT2D eigenvalue weighted by Gasteiger charge is 2.27. The van der Waals surface area contributed by atoms with Gasteiger partial charge >= 0.3 is 0 Å². The van der Waals surface area contributed by atoms with E-state index in [-0.39, 0.29) is 29.5 Å². The summed E-state index contributed by atoms with van der Waals surface area (Å²) >= 11 is 0. The fourth-order valence-electron chi connectivity index (χ4n) is 4.35. The summed E-state index contributed by atoms with van der Waals surface area (Å²) in [5.74, 6) is 0.115. The van der Waals surface area contributed by atoms with Crippen LogP contribution in [-0.2, 0) is 21.4 Å². The molecule has 8 heteroatoms. The molecule has 7 nitrogen and oxygen atoms in total. The molecule has 4 rings (SSSR count). The van der Waals surface area contributed by atoms with Crippen molar-refractivity contribution < 1.29 is 13.2 Å². The lowest BCUT2D eigenvalue weighted by Gasteiger charge is -2.24. The van der Waals surface area contributed by atoms with Gasteiger partial charge in [-0.15, -0.1) is 0 Å². The molecule has 2 aromatic carbocycles. The van der Waals surface area contributed by atoms with E-state index in [1.165, 1.54) is 4.31 Å². The standard InChI is InChI=1S/C26H31N3O4S/c1-18-7-9-23(10-8-18)34(32,33)29(13-5-12-28-11-4-6-25(28)30)17-22-16-21-14-19(2)20(3)15-24(21)27-26(22)31/h7-10,14-16H,4-6,11-13,17H2,1-3H3,(H,27,31). The van der Waals surface area contributed by atoms with Crippen LogP contribution in [-0.4, -0.2) is 48.1 Å². The van der Waals surface area contributed by atoms with Gasteiger partial charge in [0.25, 0.3) is 5.56 Å². The number of benzene rings is 2. The average Bonchev–Trinajstić information content (AvgIpc) is 3.19. The SMILES string of the molecule is Cc1ccc(S(=O)(=O)N(CCCN2CCCC2=O)Cc2cc3cc(C)c(C)cc3[nH]c2=O)cc1. The number of aryl methyl sites for hydroxylation is 3. The molecule has 34 heavy (non-hydrogen) atoms. The van der Waals surface area contributed by atoms with Crippen molar-refractivity contribution in [2.24, 2.45) is 0 Å². The normalized spacial score (nSPS) is 14.5. The van der Waals surface area contributed by atoms with Crippen molar-refractivity contribution in [3.05, 3.63) is 75.1 Å². The number of pyridine rings is 1. The van der Waals surface area contributed by atoms with Crippen LogP contribution < -0.4 is 5.56 Å². The maximum absolute atomic E-state index is 13.5. The summed E-state index contributed by atoms with van der Waals surface area (Å²) in [6.07, 6.45) is 1.90. The second kappa shape index (κ2) is 9.72. The molecule has 1 fully saturated rings. The van der Waals surface area contributed by atoms with E-state index in [2.05, 4.69) is 4.98 Å². The van der Waals surface area contributed by atoms with E-state index in [4.69, 9.17) is 0 Å². The fraction of sp³-hybridized carbons (Fsp3) is 0.385. The van der Waals surface area contributed by atoms with Gasteiger partial charge in [0.2, 0.25) is 15.9 Å². The Bertz CT molecular complexity index is 1380. The predicted molar refractivity (Wildman–Crippen MR) is 133 cm³/mol. The van der Waals surface area contributed by atoms with E-state index < -0.39 is 10.0 Å². The molecule has 1 aliphatic rings. The summed E-state index contributed by atoms with van der Waals surface area (Å²) in [6, 6.07) is 12.4. The predicted octanol–water partition coefficient (Wildman–Crippen LogP) is 3.66. The van der Waals surface area contributed by atoms with Crippen LogP contribution in [0.3, 0.4) is 0 Å². The van der Waals surface area contributed by atoms with Gasteiger partial charge in [0.1, 0.15) is 0 Å². The Morgan fingerprint density at radius 1 is 1.00 bits per heavy atom. The Labute approximate surface area is 200 Å². The van der Waals surface area contributed by atoms with E-state index in [0.29, 0.717) is 31.5 Å². The molecule has 0 spiro atoms. The number of nitrogens with zero attached hydrogens (tertiary/aromatic N) is 2. The Morgan fingerprint density at radius 3 is 2.38 bits per heavy atom. The largest absolute Gasteiger partial charge is 0.343 e. The smallest absolute Gasteiger partial charge is 0.252 e. The van der Waals surface area contributed by atoms with Gasteiger partial charge in [-0.25, -0.2) is 8.42 Å². The van der Waals surface area contributed by atoms with E-state index in [1.54, 1.807) is 35.2 Å². The lowest BCUT2D eigenvalue weighted by atomic mass is 10.0. The molecule has 3 aromatic rings. The number of sulfonamides is 1. The van der Waals surface area contributed by atoms with E-state index >= 15 is 0 Å². The lowest BCUT2D eigenvalue weighted by Crippen LogP contribution is -2.36. The first-order chi connectivity index (χ1) is 16.1. The average molecular weight is 482 g/mol. The van der Waals surface area contributed by atoms with Crippen LogP contribution in [0.5, 0.6) is 0 Å². The Kier molecular flexibility index (Phi) is 6.91. The van der Waals surface area contributed by atoms with Crippen LogP contribution >= 0.6 is 0 Å². The highest BCUT2D eigenvalue weighted by Crippen LogP contribution is 2.22. The molecule has 1 aromatic heterocycles. The van der Waals surface area contributed by atoms with Gasteiger partial charge in [-0.05, 0) is 80.5 Å². The minimum atomic E-state index is -3.83. The number of H-pyrrole nitrogens is 1. The third kappa shape index (κ3) is 5.08. The fourth-order valence-corrected chi connectivity index (χ4v) is 5.81. The number of aromatic amines is 1. The molecular formula is C26H31N3O4S. The molecule has 0 saturated carbocycles. The summed E-state index contributed by atoms with van der Waals surface area (Å²) < 4.78 is 28.4. The molecule has 2 heterocycles. The van der Waals surface area contributed by atoms with Gasteiger partial charge in [0.15, 0.2) is 0 Å². The van der Waals surface area contributed by atoms with Crippen LogP contribution in [0.2, 0.25) is 0 Å².